The van der Waals surface area contributed by atoms with Crippen LogP contribution in [0.4, 0.5) is 4.39 Å². The number of hydrogen-bond donors (Lipinski definition) is 0. The van der Waals surface area contributed by atoms with E-state index < -0.39 is 0 Å². The van der Waals surface area contributed by atoms with Crippen LogP contribution in [0.5, 0.6) is 0 Å². The van der Waals surface area contributed by atoms with E-state index in [1.807, 2.05) is 12.1 Å². The first-order valence-corrected chi connectivity index (χ1v) is 12.1. The van der Waals surface area contributed by atoms with Gasteiger partial charge in [-0.2, -0.15) is 0 Å². The summed E-state index contributed by atoms with van der Waals surface area (Å²) in [6.45, 7) is 14.5. The molecule has 0 amide bonds. The Kier molecular flexibility index (Phi) is 7.40. The minimum atomic E-state index is -0.211. The Balaban J connectivity index is 1.53. The minimum Gasteiger partial charge on any atom is -0.357 e. The van der Waals surface area contributed by atoms with Gasteiger partial charge in [0.2, 0.25) is 0 Å². The molecule has 0 radical (unpaired) electrons. The molecule has 0 N–H and O–H groups in total. The summed E-state index contributed by atoms with van der Waals surface area (Å²) in [6.07, 6.45) is 7.89. The molecule has 2 saturated heterocycles. The van der Waals surface area contributed by atoms with E-state index in [0.29, 0.717) is 5.92 Å². The molecule has 2 fully saturated rings. The summed E-state index contributed by atoms with van der Waals surface area (Å²) >= 11 is 0. The second kappa shape index (κ2) is 10.4. The molecule has 3 heterocycles. The van der Waals surface area contributed by atoms with Crippen LogP contribution in [0.2, 0.25) is 0 Å². The molecule has 0 atom stereocenters. The van der Waals surface area contributed by atoms with Gasteiger partial charge in [-0.1, -0.05) is 6.92 Å². The van der Waals surface area contributed by atoms with Gasteiger partial charge in [-0.05, 0) is 88.7 Å². The summed E-state index contributed by atoms with van der Waals surface area (Å²) in [6, 6.07) is 6.69. The quantitative estimate of drug-likeness (QED) is 0.526. The molecule has 1 aromatic carbocycles. The fraction of sp³-hybridized carbons (Fsp3) is 0.538. The average Bonchev–Trinajstić information content (AvgIpc) is 3.49. The molecule has 5 nitrogen and oxygen atoms in total. The van der Waals surface area contributed by atoms with Crippen molar-refractivity contribution in [1.29, 1.82) is 0 Å². The van der Waals surface area contributed by atoms with E-state index in [1.54, 1.807) is 0 Å². The molecule has 32 heavy (non-hydrogen) atoms. The number of allylic oxidation sites excluding steroid dienone is 1. The summed E-state index contributed by atoms with van der Waals surface area (Å²) < 4.78 is 15.8. The molecular formula is C26H36FN5. The van der Waals surface area contributed by atoms with E-state index >= 15 is 0 Å². The second-order valence-electron chi connectivity index (χ2n) is 9.11. The molecule has 2 aliphatic rings. The molecule has 0 spiro atoms. The van der Waals surface area contributed by atoms with E-state index in [0.717, 1.165) is 62.5 Å². The van der Waals surface area contributed by atoms with Crippen molar-refractivity contribution < 1.29 is 4.39 Å². The lowest BCUT2D eigenvalue weighted by molar-refractivity contribution is 0.249. The van der Waals surface area contributed by atoms with E-state index in [4.69, 9.17) is 4.98 Å². The van der Waals surface area contributed by atoms with Crippen molar-refractivity contribution in [2.24, 2.45) is 4.99 Å². The van der Waals surface area contributed by atoms with Crippen LogP contribution in [0.3, 0.4) is 0 Å². The Hall–Kier alpha value is -2.47. The Morgan fingerprint density at radius 3 is 2.41 bits per heavy atom. The van der Waals surface area contributed by atoms with E-state index in [-0.39, 0.29) is 5.82 Å². The Morgan fingerprint density at radius 2 is 1.78 bits per heavy atom. The summed E-state index contributed by atoms with van der Waals surface area (Å²) in [4.78, 5) is 14.3. The zero-order chi connectivity index (χ0) is 22.5. The van der Waals surface area contributed by atoms with Gasteiger partial charge < -0.3 is 14.4 Å². The van der Waals surface area contributed by atoms with Crippen molar-refractivity contribution >= 4 is 6.72 Å². The SMILES string of the molecule is C=NC(=C(C)CC)N1CCC(c2nc(-c3ccc(F)cc3)cn2CCN2CCCC2)CC1. The second-order valence-corrected chi connectivity index (χ2v) is 9.11. The van der Waals surface area contributed by atoms with Gasteiger partial charge in [0.05, 0.1) is 5.69 Å². The van der Waals surface area contributed by atoms with Crippen molar-refractivity contribution in [3.8, 4) is 11.3 Å². The van der Waals surface area contributed by atoms with Crippen LogP contribution in [0.1, 0.15) is 57.7 Å². The standard InChI is InChI=1S/C26H36FN5/c1-4-20(2)25(28-3)31-15-11-22(12-16-31)26-29-24(21-7-9-23(27)10-8-21)19-32(26)18-17-30-13-5-6-14-30/h7-10,19,22H,3-6,11-18H2,1-2H3. The Morgan fingerprint density at radius 1 is 1.09 bits per heavy atom. The molecule has 6 heteroatoms. The predicted octanol–water partition coefficient (Wildman–Crippen LogP) is 5.31. The van der Waals surface area contributed by atoms with Gasteiger partial charge in [0.15, 0.2) is 0 Å². The number of rotatable bonds is 8. The number of aromatic nitrogens is 2. The largest absolute Gasteiger partial charge is 0.357 e. The summed E-state index contributed by atoms with van der Waals surface area (Å²) in [7, 11) is 0. The normalized spacial score (nSPS) is 18.8. The number of likely N-dealkylation sites (tertiary alicyclic amines) is 2. The zero-order valence-electron chi connectivity index (χ0n) is 19.6. The average molecular weight is 438 g/mol. The Labute approximate surface area is 191 Å². The number of nitrogens with zero attached hydrogens (tertiary/aromatic N) is 5. The number of halogens is 1. The molecule has 2 aliphatic heterocycles. The zero-order valence-corrected chi connectivity index (χ0v) is 19.6. The van der Waals surface area contributed by atoms with E-state index in [1.165, 1.54) is 49.5 Å². The highest BCUT2D eigenvalue weighted by Gasteiger charge is 2.27. The number of piperidine rings is 1. The number of benzene rings is 1. The van der Waals surface area contributed by atoms with Crippen molar-refractivity contribution in [2.75, 3.05) is 32.7 Å². The molecule has 1 aromatic heterocycles. The predicted molar refractivity (Wildman–Crippen MR) is 129 cm³/mol. The fourth-order valence-electron chi connectivity index (χ4n) is 4.96. The summed E-state index contributed by atoms with van der Waals surface area (Å²) in [5.41, 5.74) is 3.22. The highest BCUT2D eigenvalue weighted by atomic mass is 19.1. The first-order valence-electron chi connectivity index (χ1n) is 12.1. The van der Waals surface area contributed by atoms with Gasteiger partial charge in [0.1, 0.15) is 17.5 Å². The van der Waals surface area contributed by atoms with Crippen LogP contribution in [-0.2, 0) is 6.54 Å². The van der Waals surface area contributed by atoms with E-state index in [9.17, 15) is 4.39 Å². The van der Waals surface area contributed by atoms with Crippen molar-refractivity contribution in [1.82, 2.24) is 19.4 Å². The van der Waals surface area contributed by atoms with Crippen LogP contribution < -0.4 is 0 Å². The third-order valence-electron chi connectivity index (χ3n) is 7.02. The number of imidazole rings is 1. The molecule has 0 unspecified atom stereocenters. The van der Waals surface area contributed by atoms with Crippen LogP contribution in [-0.4, -0.2) is 58.8 Å². The molecule has 2 aromatic rings. The van der Waals surface area contributed by atoms with Crippen LogP contribution in [0.25, 0.3) is 11.3 Å². The monoisotopic (exact) mass is 437 g/mol. The molecular weight excluding hydrogens is 401 g/mol. The maximum atomic E-state index is 13.4. The van der Waals surface area contributed by atoms with Gasteiger partial charge in [0.25, 0.3) is 0 Å². The smallest absolute Gasteiger partial charge is 0.126 e. The Bertz CT molecular complexity index is 932. The first kappa shape index (κ1) is 22.7. The van der Waals surface area contributed by atoms with Gasteiger partial charge in [-0.15, -0.1) is 0 Å². The molecule has 172 valence electrons. The lowest BCUT2D eigenvalue weighted by Gasteiger charge is -2.34. The third kappa shape index (κ3) is 5.12. The molecule has 0 saturated carbocycles. The van der Waals surface area contributed by atoms with Gasteiger partial charge in [-0.25, -0.2) is 14.4 Å². The number of aliphatic imine (C=N–C) groups is 1. The molecule has 0 bridgehead atoms. The number of hydrogen-bond acceptors (Lipinski definition) is 4. The van der Waals surface area contributed by atoms with Gasteiger partial charge in [0, 0.05) is 43.9 Å². The first-order chi connectivity index (χ1) is 15.6. The van der Waals surface area contributed by atoms with Crippen LogP contribution >= 0.6 is 0 Å². The third-order valence-corrected chi connectivity index (χ3v) is 7.02. The van der Waals surface area contributed by atoms with Gasteiger partial charge in [-0.3, -0.25) is 0 Å². The van der Waals surface area contributed by atoms with E-state index in [2.05, 4.69) is 46.1 Å². The van der Waals surface area contributed by atoms with Crippen molar-refractivity contribution in [3.63, 3.8) is 0 Å². The van der Waals surface area contributed by atoms with Crippen LogP contribution in [0.15, 0.2) is 46.8 Å². The minimum absolute atomic E-state index is 0.211. The maximum absolute atomic E-state index is 13.4. The van der Waals surface area contributed by atoms with Crippen molar-refractivity contribution in [2.45, 2.75) is 58.4 Å². The van der Waals surface area contributed by atoms with Gasteiger partial charge >= 0.3 is 0 Å². The fourth-order valence-corrected chi connectivity index (χ4v) is 4.96. The lowest BCUT2D eigenvalue weighted by atomic mass is 9.95. The molecule has 0 aliphatic carbocycles. The van der Waals surface area contributed by atoms with Crippen LogP contribution in [0, 0.1) is 5.82 Å². The summed E-state index contributed by atoms with van der Waals surface area (Å²) in [5, 5.41) is 0. The van der Waals surface area contributed by atoms with Crippen molar-refractivity contribution in [3.05, 3.63) is 53.5 Å². The molecule has 4 rings (SSSR count). The highest BCUT2D eigenvalue weighted by molar-refractivity contribution is 5.58. The lowest BCUT2D eigenvalue weighted by Crippen LogP contribution is -2.33. The topological polar surface area (TPSA) is 36.7 Å². The maximum Gasteiger partial charge on any atom is 0.126 e. The summed E-state index contributed by atoms with van der Waals surface area (Å²) in [5.74, 6) is 2.44. The highest BCUT2D eigenvalue weighted by Crippen LogP contribution is 2.32.